The Labute approximate surface area is 91.7 Å². The van der Waals surface area contributed by atoms with Gasteiger partial charge in [0.2, 0.25) is 0 Å². The Morgan fingerprint density at radius 2 is 2.13 bits per heavy atom. The number of aryl methyl sites for hydroxylation is 1. The maximum atomic E-state index is 8.61. The predicted octanol–water partition coefficient (Wildman–Crippen LogP) is 2.40. The minimum absolute atomic E-state index is 0.288. The van der Waals surface area contributed by atoms with Crippen LogP contribution in [0.5, 0.6) is 0 Å². The van der Waals surface area contributed by atoms with E-state index in [1.54, 1.807) is 0 Å². The second kappa shape index (κ2) is 6.19. The number of hydrogen-bond acceptors (Lipinski definition) is 3. The van der Waals surface area contributed by atoms with Gasteiger partial charge in [-0.3, -0.25) is 0 Å². The Morgan fingerprint density at radius 1 is 1.40 bits per heavy atom. The van der Waals surface area contributed by atoms with Crippen LogP contribution in [0.25, 0.3) is 0 Å². The lowest BCUT2D eigenvalue weighted by Gasteiger charge is -2.12. The Kier molecular flexibility index (Phi) is 5.20. The molecule has 0 radical (unpaired) electrons. The number of rotatable bonds is 5. The molecule has 0 spiro atoms. The summed E-state index contributed by atoms with van der Waals surface area (Å²) in [6.45, 7) is 4.47. The molecule has 2 N–H and O–H groups in total. The molecule has 84 valence electrons. The van der Waals surface area contributed by atoms with Gasteiger partial charge in [-0.15, -0.1) is 0 Å². The van der Waals surface area contributed by atoms with Crippen LogP contribution in [-0.4, -0.2) is 16.4 Å². The van der Waals surface area contributed by atoms with Gasteiger partial charge in [0.05, 0.1) is 6.61 Å². The third-order valence-corrected chi connectivity index (χ3v) is 2.52. The molecule has 1 unspecified atom stereocenters. The zero-order chi connectivity index (χ0) is 11.3. The maximum absolute atomic E-state index is 8.61. The van der Waals surface area contributed by atoms with Crippen molar-refractivity contribution >= 4 is 8.60 Å². The molecule has 1 aromatic carbocycles. The quantitative estimate of drug-likeness (QED) is 0.761. The van der Waals surface area contributed by atoms with Crippen molar-refractivity contribution in [1.82, 2.24) is 0 Å². The van der Waals surface area contributed by atoms with E-state index in [0.717, 1.165) is 6.42 Å². The van der Waals surface area contributed by atoms with Crippen LogP contribution in [0, 0.1) is 12.8 Å². The van der Waals surface area contributed by atoms with Gasteiger partial charge in [0.25, 0.3) is 0 Å². The molecule has 3 nitrogen and oxygen atoms in total. The average Bonchev–Trinajstić information content (AvgIpc) is 2.15. The molecular formula is C11H17O3P. The molecule has 1 rings (SSSR count). The van der Waals surface area contributed by atoms with Crippen LogP contribution in [-0.2, 0) is 10.9 Å². The largest absolute Gasteiger partial charge is 0.328 e. The van der Waals surface area contributed by atoms with Gasteiger partial charge >= 0.3 is 8.60 Å². The third kappa shape index (κ3) is 5.24. The van der Waals surface area contributed by atoms with E-state index in [2.05, 4.69) is 25.1 Å². The standard InChI is InChI=1S/C11H17O3P/c1-9-4-3-5-11(6-9)7-10(2)8-14-15(12)13/h3-6,10,12-13H,7-8H2,1-2H3. The summed E-state index contributed by atoms with van der Waals surface area (Å²) in [5, 5.41) is 0. The van der Waals surface area contributed by atoms with Crippen LogP contribution in [0.2, 0.25) is 0 Å². The first kappa shape index (κ1) is 12.6. The van der Waals surface area contributed by atoms with E-state index in [1.165, 1.54) is 11.1 Å². The molecule has 15 heavy (non-hydrogen) atoms. The fourth-order valence-electron chi connectivity index (χ4n) is 1.49. The fraction of sp³-hybridized carbons (Fsp3) is 0.455. The van der Waals surface area contributed by atoms with Gasteiger partial charge in [-0.2, -0.15) is 0 Å². The van der Waals surface area contributed by atoms with E-state index in [1.807, 2.05) is 13.0 Å². The molecule has 4 heteroatoms. The Balaban J connectivity index is 2.40. The maximum Gasteiger partial charge on any atom is 0.327 e. The van der Waals surface area contributed by atoms with Gasteiger partial charge in [0.15, 0.2) is 0 Å². The van der Waals surface area contributed by atoms with Gasteiger partial charge in [-0.1, -0.05) is 36.8 Å². The molecule has 0 aliphatic carbocycles. The molecule has 0 saturated carbocycles. The molecule has 0 amide bonds. The van der Waals surface area contributed by atoms with Gasteiger partial charge in [0.1, 0.15) is 0 Å². The van der Waals surface area contributed by atoms with Crippen molar-refractivity contribution in [3.63, 3.8) is 0 Å². The van der Waals surface area contributed by atoms with Crippen molar-refractivity contribution in [2.24, 2.45) is 5.92 Å². The van der Waals surface area contributed by atoms with Gasteiger partial charge in [-0.05, 0) is 24.8 Å². The zero-order valence-corrected chi connectivity index (χ0v) is 9.95. The summed E-state index contributed by atoms with van der Waals surface area (Å²) in [7, 11) is -2.21. The van der Waals surface area contributed by atoms with E-state index < -0.39 is 8.60 Å². The molecule has 0 heterocycles. The molecule has 0 aliphatic rings. The highest BCUT2D eigenvalue weighted by atomic mass is 31.2. The van der Waals surface area contributed by atoms with Crippen molar-refractivity contribution in [2.45, 2.75) is 20.3 Å². The van der Waals surface area contributed by atoms with Gasteiger partial charge in [-0.25, -0.2) is 0 Å². The van der Waals surface area contributed by atoms with E-state index >= 15 is 0 Å². The van der Waals surface area contributed by atoms with E-state index in [-0.39, 0.29) is 5.92 Å². The number of benzene rings is 1. The smallest absolute Gasteiger partial charge is 0.327 e. The van der Waals surface area contributed by atoms with Gasteiger partial charge in [0, 0.05) is 0 Å². The van der Waals surface area contributed by atoms with E-state index in [4.69, 9.17) is 14.3 Å². The first-order valence-corrected chi connectivity index (χ1v) is 6.11. The highest BCUT2D eigenvalue weighted by Crippen LogP contribution is 2.25. The molecule has 1 aromatic rings. The first-order valence-electron chi connectivity index (χ1n) is 4.94. The van der Waals surface area contributed by atoms with Crippen LogP contribution < -0.4 is 0 Å². The van der Waals surface area contributed by atoms with Crippen molar-refractivity contribution in [3.8, 4) is 0 Å². The molecule has 0 aliphatic heterocycles. The predicted molar refractivity (Wildman–Crippen MR) is 61.4 cm³/mol. The van der Waals surface area contributed by atoms with Crippen molar-refractivity contribution < 1.29 is 14.3 Å². The highest BCUT2D eigenvalue weighted by molar-refractivity contribution is 7.39. The molecule has 1 atom stereocenters. The van der Waals surface area contributed by atoms with Crippen LogP contribution >= 0.6 is 8.60 Å². The molecular weight excluding hydrogens is 211 g/mol. The lowest BCUT2D eigenvalue weighted by molar-refractivity contribution is 0.218. The second-order valence-corrected chi connectivity index (χ2v) is 4.61. The SMILES string of the molecule is Cc1cccc(CC(C)COP(O)O)c1. The monoisotopic (exact) mass is 228 g/mol. The second-order valence-electron chi connectivity index (χ2n) is 3.85. The summed E-state index contributed by atoms with van der Waals surface area (Å²) >= 11 is 0. The summed E-state index contributed by atoms with van der Waals surface area (Å²) in [6, 6.07) is 8.30. The Hall–Kier alpha value is -0.470. The third-order valence-electron chi connectivity index (χ3n) is 2.14. The van der Waals surface area contributed by atoms with Crippen LogP contribution in [0.3, 0.4) is 0 Å². The fourth-order valence-corrected chi connectivity index (χ4v) is 1.88. The Bertz CT molecular complexity index is 302. The Morgan fingerprint density at radius 3 is 2.73 bits per heavy atom. The van der Waals surface area contributed by atoms with Crippen LogP contribution in [0.4, 0.5) is 0 Å². The topological polar surface area (TPSA) is 49.7 Å². The van der Waals surface area contributed by atoms with E-state index in [0.29, 0.717) is 6.61 Å². The summed E-state index contributed by atoms with van der Waals surface area (Å²) in [6.07, 6.45) is 0.894. The van der Waals surface area contributed by atoms with Gasteiger partial charge < -0.3 is 14.3 Å². The highest BCUT2D eigenvalue weighted by Gasteiger charge is 2.07. The van der Waals surface area contributed by atoms with Crippen molar-refractivity contribution in [3.05, 3.63) is 35.4 Å². The average molecular weight is 228 g/mol. The van der Waals surface area contributed by atoms with Crippen LogP contribution in [0.1, 0.15) is 18.1 Å². The van der Waals surface area contributed by atoms with E-state index in [9.17, 15) is 0 Å². The lowest BCUT2D eigenvalue weighted by Crippen LogP contribution is -2.07. The molecule has 0 bridgehead atoms. The summed E-state index contributed by atoms with van der Waals surface area (Å²) in [5.74, 6) is 0.288. The molecule has 0 aromatic heterocycles. The number of hydrogen-bond donors (Lipinski definition) is 2. The zero-order valence-electron chi connectivity index (χ0n) is 9.05. The molecule has 0 saturated heterocycles. The summed E-state index contributed by atoms with van der Waals surface area (Å²) in [4.78, 5) is 17.2. The van der Waals surface area contributed by atoms with Crippen molar-refractivity contribution in [1.29, 1.82) is 0 Å². The minimum Gasteiger partial charge on any atom is -0.328 e. The van der Waals surface area contributed by atoms with Crippen molar-refractivity contribution in [2.75, 3.05) is 6.61 Å². The summed E-state index contributed by atoms with van der Waals surface area (Å²) < 4.78 is 4.78. The lowest BCUT2D eigenvalue weighted by atomic mass is 10.0. The minimum atomic E-state index is -2.21. The van der Waals surface area contributed by atoms with Crippen LogP contribution in [0.15, 0.2) is 24.3 Å². The summed E-state index contributed by atoms with van der Waals surface area (Å²) in [5.41, 5.74) is 2.50. The molecule has 0 fully saturated rings. The normalized spacial score (nSPS) is 13.1. The first-order chi connectivity index (χ1) is 7.08.